The number of carbonyl (C=O) groups is 1. The molecule has 0 atom stereocenters. The van der Waals surface area contributed by atoms with Crippen molar-refractivity contribution in [2.45, 2.75) is 44.3 Å². The van der Waals surface area contributed by atoms with Gasteiger partial charge in [-0.3, -0.25) is 4.84 Å². The first-order chi connectivity index (χ1) is 7.40. The second-order valence-electron chi connectivity index (χ2n) is 3.79. The molecule has 0 bridgehead atoms. The summed E-state index contributed by atoms with van der Waals surface area (Å²) in [6, 6.07) is -0.450. The molecule has 0 aliphatic heterocycles. The van der Waals surface area contributed by atoms with Crippen molar-refractivity contribution in [2.24, 2.45) is 0 Å². The van der Waals surface area contributed by atoms with Crippen molar-refractivity contribution < 1.29 is 27.9 Å². The molecular weight excluding hydrogens is 227 g/mol. The molecule has 0 aromatic carbocycles. The minimum Gasteiger partial charge on any atom is -0.463 e. The van der Waals surface area contributed by atoms with Crippen molar-refractivity contribution in [1.82, 2.24) is 5.06 Å². The highest BCUT2D eigenvalue weighted by Gasteiger charge is 2.33. The van der Waals surface area contributed by atoms with Crippen molar-refractivity contribution >= 4 is 6.09 Å². The van der Waals surface area contributed by atoms with Crippen LogP contribution in [0.15, 0.2) is 0 Å². The summed E-state index contributed by atoms with van der Waals surface area (Å²) in [6.07, 6.45) is -2.22. The molecule has 1 fully saturated rings. The standard InChI is InChI=1S/C9H14F3NO3/c10-9(11,12)6-16-13(8(14)15)7-4-2-1-3-5-7/h7H,1-6H2,(H,14,15). The van der Waals surface area contributed by atoms with E-state index in [1.165, 1.54) is 0 Å². The van der Waals surface area contributed by atoms with Gasteiger partial charge in [0, 0.05) is 0 Å². The molecule has 0 saturated heterocycles. The van der Waals surface area contributed by atoms with Gasteiger partial charge in [0.25, 0.3) is 0 Å². The van der Waals surface area contributed by atoms with Gasteiger partial charge in [-0.2, -0.15) is 18.2 Å². The Morgan fingerprint density at radius 2 is 1.88 bits per heavy atom. The summed E-state index contributed by atoms with van der Waals surface area (Å²) in [5, 5.41) is 9.21. The summed E-state index contributed by atoms with van der Waals surface area (Å²) in [4.78, 5) is 15.1. The molecule has 0 radical (unpaired) electrons. The molecule has 7 heteroatoms. The Kier molecular flexibility index (Phi) is 4.40. The van der Waals surface area contributed by atoms with E-state index in [1.54, 1.807) is 0 Å². The molecule has 16 heavy (non-hydrogen) atoms. The van der Waals surface area contributed by atoms with E-state index in [0.717, 1.165) is 19.3 Å². The first-order valence-electron chi connectivity index (χ1n) is 5.12. The van der Waals surface area contributed by atoms with Crippen LogP contribution in [0.4, 0.5) is 18.0 Å². The normalized spacial score (nSPS) is 18.4. The summed E-state index contributed by atoms with van der Waals surface area (Å²) in [6.45, 7) is -1.56. The van der Waals surface area contributed by atoms with Crippen LogP contribution < -0.4 is 0 Å². The quantitative estimate of drug-likeness (QED) is 0.773. The number of carboxylic acid groups (broad SMARTS) is 1. The van der Waals surface area contributed by atoms with E-state index in [1.807, 2.05) is 0 Å². The lowest BCUT2D eigenvalue weighted by Crippen LogP contribution is -2.42. The van der Waals surface area contributed by atoms with Crippen LogP contribution in [0.3, 0.4) is 0 Å². The first-order valence-corrected chi connectivity index (χ1v) is 5.12. The molecule has 1 saturated carbocycles. The minimum absolute atomic E-state index is 0.450. The van der Waals surface area contributed by atoms with Crippen molar-refractivity contribution in [2.75, 3.05) is 6.61 Å². The molecular formula is C9H14F3NO3. The molecule has 1 aliphatic carbocycles. The molecule has 0 unspecified atom stereocenters. The minimum atomic E-state index is -4.51. The molecule has 0 aromatic rings. The van der Waals surface area contributed by atoms with Gasteiger partial charge in [-0.05, 0) is 12.8 Å². The van der Waals surface area contributed by atoms with Gasteiger partial charge >= 0.3 is 12.3 Å². The van der Waals surface area contributed by atoms with Gasteiger partial charge < -0.3 is 5.11 Å². The third-order valence-electron chi connectivity index (χ3n) is 2.46. The SMILES string of the molecule is O=C(O)N(OCC(F)(F)F)C1CCCCC1. The van der Waals surface area contributed by atoms with Crippen LogP contribution in [0.2, 0.25) is 0 Å². The lowest BCUT2D eigenvalue weighted by atomic mass is 9.95. The van der Waals surface area contributed by atoms with E-state index in [4.69, 9.17) is 5.11 Å². The van der Waals surface area contributed by atoms with Crippen LogP contribution in [0.25, 0.3) is 0 Å². The fourth-order valence-corrected chi connectivity index (χ4v) is 1.78. The zero-order chi connectivity index (χ0) is 12.2. The maximum absolute atomic E-state index is 11.9. The fraction of sp³-hybridized carbons (Fsp3) is 0.889. The summed E-state index contributed by atoms with van der Waals surface area (Å²) in [5.41, 5.74) is 0. The van der Waals surface area contributed by atoms with Crippen molar-refractivity contribution in [3.63, 3.8) is 0 Å². The predicted octanol–water partition coefficient (Wildman–Crippen LogP) is 2.79. The zero-order valence-electron chi connectivity index (χ0n) is 8.66. The molecule has 1 amide bonds. The van der Waals surface area contributed by atoms with E-state index in [9.17, 15) is 18.0 Å². The van der Waals surface area contributed by atoms with Gasteiger partial charge in [-0.25, -0.2) is 4.79 Å². The molecule has 94 valence electrons. The summed E-state index contributed by atoms with van der Waals surface area (Å²) < 4.78 is 35.7. The molecule has 1 aliphatic rings. The molecule has 0 aromatic heterocycles. The van der Waals surface area contributed by atoms with Gasteiger partial charge in [0.1, 0.15) is 0 Å². The highest BCUT2D eigenvalue weighted by molar-refractivity contribution is 5.64. The highest BCUT2D eigenvalue weighted by atomic mass is 19.4. The Morgan fingerprint density at radius 3 is 2.31 bits per heavy atom. The molecule has 4 nitrogen and oxygen atoms in total. The van der Waals surface area contributed by atoms with E-state index in [2.05, 4.69) is 4.84 Å². The third-order valence-corrected chi connectivity index (χ3v) is 2.46. The Hall–Kier alpha value is -0.980. The number of rotatable bonds is 3. The predicted molar refractivity (Wildman–Crippen MR) is 48.7 cm³/mol. The zero-order valence-corrected chi connectivity index (χ0v) is 8.66. The fourth-order valence-electron chi connectivity index (χ4n) is 1.78. The maximum atomic E-state index is 11.9. The van der Waals surface area contributed by atoms with Crippen molar-refractivity contribution in [3.05, 3.63) is 0 Å². The van der Waals surface area contributed by atoms with Crippen LogP contribution in [-0.2, 0) is 4.84 Å². The van der Waals surface area contributed by atoms with Gasteiger partial charge in [0.2, 0.25) is 0 Å². The Labute approximate surface area is 90.9 Å². The van der Waals surface area contributed by atoms with E-state index in [-0.39, 0.29) is 0 Å². The number of hydrogen-bond donors (Lipinski definition) is 1. The van der Waals surface area contributed by atoms with Gasteiger partial charge in [0.15, 0.2) is 6.61 Å². The number of amides is 1. The molecule has 1 N–H and O–H groups in total. The number of alkyl halides is 3. The lowest BCUT2D eigenvalue weighted by Gasteiger charge is -2.31. The Balaban J connectivity index is 2.49. The number of hydrogen-bond acceptors (Lipinski definition) is 2. The molecule has 0 heterocycles. The number of halogens is 3. The van der Waals surface area contributed by atoms with Crippen LogP contribution >= 0.6 is 0 Å². The van der Waals surface area contributed by atoms with Gasteiger partial charge in [-0.1, -0.05) is 19.3 Å². The average Bonchev–Trinajstić information content (AvgIpc) is 2.17. The summed E-state index contributed by atoms with van der Waals surface area (Å²) >= 11 is 0. The first kappa shape index (κ1) is 13.1. The van der Waals surface area contributed by atoms with Crippen LogP contribution in [-0.4, -0.2) is 35.1 Å². The van der Waals surface area contributed by atoms with Gasteiger partial charge in [-0.15, -0.1) is 0 Å². The lowest BCUT2D eigenvalue weighted by molar-refractivity contribution is -0.249. The number of nitrogens with zero attached hydrogens (tertiary/aromatic N) is 1. The average molecular weight is 241 g/mol. The monoisotopic (exact) mass is 241 g/mol. The van der Waals surface area contributed by atoms with E-state index >= 15 is 0 Å². The molecule has 0 spiro atoms. The Bertz CT molecular complexity index is 239. The van der Waals surface area contributed by atoms with Crippen LogP contribution in [0, 0.1) is 0 Å². The molecule has 1 rings (SSSR count). The summed E-state index contributed by atoms with van der Waals surface area (Å²) in [7, 11) is 0. The van der Waals surface area contributed by atoms with Crippen molar-refractivity contribution in [1.29, 1.82) is 0 Å². The van der Waals surface area contributed by atoms with Crippen molar-refractivity contribution in [3.8, 4) is 0 Å². The second-order valence-corrected chi connectivity index (χ2v) is 3.79. The second kappa shape index (κ2) is 5.38. The third kappa shape index (κ3) is 4.26. The van der Waals surface area contributed by atoms with E-state index < -0.39 is 24.9 Å². The highest BCUT2D eigenvalue weighted by Crippen LogP contribution is 2.24. The van der Waals surface area contributed by atoms with Gasteiger partial charge in [0.05, 0.1) is 6.04 Å². The largest absolute Gasteiger partial charge is 0.463 e. The topological polar surface area (TPSA) is 49.8 Å². The Morgan fingerprint density at radius 1 is 1.31 bits per heavy atom. The van der Waals surface area contributed by atoms with Crippen LogP contribution in [0.1, 0.15) is 32.1 Å². The summed E-state index contributed by atoms with van der Waals surface area (Å²) in [5.74, 6) is 0. The van der Waals surface area contributed by atoms with Crippen LogP contribution in [0.5, 0.6) is 0 Å². The van der Waals surface area contributed by atoms with E-state index in [0.29, 0.717) is 17.9 Å². The smallest absolute Gasteiger partial charge is 0.431 e. The maximum Gasteiger partial charge on any atom is 0.431 e. The number of hydroxylamine groups is 2.